The average Bonchev–Trinajstić information content (AvgIpc) is 2.79. The number of methoxy groups -OCH3 is 1. The zero-order valence-corrected chi connectivity index (χ0v) is 18.4. The molecule has 2 aromatic carbocycles. The molecular formula is C24H16ClFN2O3S. The number of rotatable bonds is 3. The van der Waals surface area contributed by atoms with Gasteiger partial charge in [-0.05, 0) is 47.5 Å². The molecule has 1 aromatic heterocycles. The number of anilines is 1. The van der Waals surface area contributed by atoms with E-state index in [0.717, 1.165) is 5.56 Å². The summed E-state index contributed by atoms with van der Waals surface area (Å²) < 4.78 is 33.9. The molecule has 1 atom stereocenters. The van der Waals surface area contributed by atoms with E-state index in [4.69, 9.17) is 16.3 Å². The number of nitrogens with one attached hydrogen (secondary N) is 1. The van der Waals surface area contributed by atoms with Gasteiger partial charge in [-0.3, -0.25) is 4.79 Å². The van der Waals surface area contributed by atoms with Crippen LogP contribution in [-0.2, 0) is 17.8 Å². The fourth-order valence-electron chi connectivity index (χ4n) is 3.06. The van der Waals surface area contributed by atoms with Crippen LogP contribution in [-0.4, -0.2) is 22.4 Å². The lowest BCUT2D eigenvalue weighted by atomic mass is 10.0. The molecule has 1 aliphatic rings. The lowest BCUT2D eigenvalue weighted by molar-refractivity contribution is 0.104. The van der Waals surface area contributed by atoms with Crippen LogP contribution in [0.25, 0.3) is 6.08 Å². The van der Waals surface area contributed by atoms with Crippen LogP contribution in [0.2, 0.25) is 5.02 Å². The molecule has 4 rings (SSSR count). The molecule has 8 heteroatoms. The van der Waals surface area contributed by atoms with Crippen LogP contribution in [0.4, 0.5) is 10.1 Å². The van der Waals surface area contributed by atoms with Gasteiger partial charge in [0, 0.05) is 30.3 Å². The number of allylic oxidation sites excluding steroid dienone is 1. The van der Waals surface area contributed by atoms with Gasteiger partial charge in [0.1, 0.15) is 17.2 Å². The number of carbonyl (C=O) groups is 1. The zero-order valence-electron chi connectivity index (χ0n) is 16.8. The minimum absolute atomic E-state index is 0.0502. The SMILES string of the molecule is COc1cc(CC#Cc2ccc3c(c2)C(=O)/C(=C/c2ccc(F)c(Cl)c2)[S+]([O-])N3)ccn1. The molecule has 3 aromatic rings. The second-order valence-electron chi connectivity index (χ2n) is 6.83. The maximum absolute atomic E-state index is 13.4. The van der Waals surface area contributed by atoms with E-state index in [-0.39, 0.29) is 15.7 Å². The van der Waals surface area contributed by atoms with Crippen molar-refractivity contribution in [2.24, 2.45) is 0 Å². The molecule has 1 N–H and O–H groups in total. The third-order valence-corrected chi connectivity index (χ3v) is 6.06. The van der Waals surface area contributed by atoms with Gasteiger partial charge >= 0.3 is 0 Å². The summed E-state index contributed by atoms with van der Waals surface area (Å²) in [6, 6.07) is 12.8. The highest BCUT2D eigenvalue weighted by atomic mass is 35.5. The topological polar surface area (TPSA) is 74.3 Å². The molecule has 160 valence electrons. The first-order chi connectivity index (χ1) is 15.4. The highest BCUT2D eigenvalue weighted by molar-refractivity contribution is 7.97. The Morgan fingerprint density at radius 1 is 1.25 bits per heavy atom. The number of carbonyl (C=O) groups excluding carboxylic acids is 1. The first-order valence-corrected chi connectivity index (χ1v) is 11.0. The van der Waals surface area contributed by atoms with Crippen LogP contribution in [0.5, 0.6) is 5.88 Å². The summed E-state index contributed by atoms with van der Waals surface area (Å²) >= 11 is 4.06. The highest BCUT2D eigenvalue weighted by Crippen LogP contribution is 2.31. The third kappa shape index (κ3) is 4.78. The zero-order chi connectivity index (χ0) is 22.7. The molecule has 5 nitrogen and oxygen atoms in total. The molecule has 0 saturated heterocycles. The van der Waals surface area contributed by atoms with Crippen LogP contribution in [0, 0.1) is 17.7 Å². The number of benzene rings is 2. The summed E-state index contributed by atoms with van der Waals surface area (Å²) in [6.45, 7) is 0. The second kappa shape index (κ2) is 9.45. The first kappa shape index (κ1) is 21.9. The van der Waals surface area contributed by atoms with Crippen molar-refractivity contribution in [3.8, 4) is 17.7 Å². The first-order valence-electron chi connectivity index (χ1n) is 9.46. The number of ketones is 1. The van der Waals surface area contributed by atoms with Gasteiger partial charge in [-0.25, -0.2) is 14.1 Å². The van der Waals surface area contributed by atoms with Crippen molar-refractivity contribution in [2.75, 3.05) is 11.8 Å². The molecule has 1 aliphatic heterocycles. The van der Waals surface area contributed by atoms with E-state index in [9.17, 15) is 13.7 Å². The number of ether oxygens (including phenoxy) is 1. The van der Waals surface area contributed by atoms with Crippen molar-refractivity contribution in [3.05, 3.63) is 92.7 Å². The van der Waals surface area contributed by atoms with Crippen LogP contribution in [0.15, 0.2) is 59.6 Å². The molecule has 0 bridgehead atoms. The Kier molecular flexibility index (Phi) is 6.47. The fraction of sp³-hybridized carbons (Fsp3) is 0.0833. The van der Waals surface area contributed by atoms with Crippen LogP contribution in [0.1, 0.15) is 27.0 Å². The maximum atomic E-state index is 13.4. The van der Waals surface area contributed by atoms with Gasteiger partial charge in [-0.1, -0.05) is 29.5 Å². The van der Waals surface area contributed by atoms with E-state index in [0.29, 0.717) is 34.7 Å². The van der Waals surface area contributed by atoms with Crippen molar-refractivity contribution in [3.63, 3.8) is 0 Å². The number of hydrogen-bond donors (Lipinski definition) is 1. The number of fused-ring (bicyclic) bond motifs is 1. The molecule has 32 heavy (non-hydrogen) atoms. The van der Waals surface area contributed by atoms with Crippen molar-refractivity contribution in [1.82, 2.24) is 4.98 Å². The lowest BCUT2D eigenvalue weighted by Gasteiger charge is -2.21. The summed E-state index contributed by atoms with van der Waals surface area (Å²) in [5.74, 6) is 5.68. The number of halogens is 2. The Hall–Kier alpha value is -3.31. The van der Waals surface area contributed by atoms with E-state index in [1.54, 1.807) is 31.5 Å². The monoisotopic (exact) mass is 466 g/mol. The Morgan fingerprint density at radius 3 is 2.88 bits per heavy atom. The lowest BCUT2D eigenvalue weighted by Crippen LogP contribution is -2.27. The number of Topliss-reactive ketones (excluding diaryl/α,β-unsaturated/α-hetero) is 1. The predicted molar refractivity (Wildman–Crippen MR) is 123 cm³/mol. The van der Waals surface area contributed by atoms with Crippen molar-refractivity contribution in [1.29, 1.82) is 0 Å². The molecule has 0 radical (unpaired) electrons. The molecule has 0 spiro atoms. The van der Waals surface area contributed by atoms with E-state index >= 15 is 0 Å². The van der Waals surface area contributed by atoms with Crippen molar-refractivity contribution >= 4 is 40.5 Å². The van der Waals surface area contributed by atoms with Crippen LogP contribution in [0.3, 0.4) is 0 Å². The fourth-order valence-corrected chi connectivity index (χ4v) is 4.26. The summed E-state index contributed by atoms with van der Waals surface area (Å²) in [7, 11) is 1.55. The van der Waals surface area contributed by atoms with Gasteiger partial charge in [0.15, 0.2) is 0 Å². The van der Waals surface area contributed by atoms with E-state index < -0.39 is 17.2 Å². The summed E-state index contributed by atoms with van der Waals surface area (Å²) in [5.41, 5.74) is 2.91. The molecular weight excluding hydrogens is 451 g/mol. The Labute approximate surface area is 192 Å². The molecule has 0 aliphatic carbocycles. The number of pyridine rings is 1. The van der Waals surface area contributed by atoms with Crippen molar-refractivity contribution in [2.45, 2.75) is 6.42 Å². The van der Waals surface area contributed by atoms with Gasteiger partial charge in [-0.2, -0.15) is 0 Å². The van der Waals surface area contributed by atoms with Gasteiger partial charge in [0.2, 0.25) is 16.6 Å². The number of hydrogen-bond acceptors (Lipinski definition) is 5. The van der Waals surface area contributed by atoms with Gasteiger partial charge in [0.25, 0.3) is 0 Å². The Balaban J connectivity index is 1.59. The number of nitrogens with zero attached hydrogens (tertiary/aromatic N) is 1. The summed E-state index contributed by atoms with van der Waals surface area (Å²) in [5, 5.41) is -0.0777. The molecule has 2 heterocycles. The molecule has 0 amide bonds. The normalized spacial score (nSPS) is 16.1. The number of aromatic nitrogens is 1. The summed E-state index contributed by atoms with van der Waals surface area (Å²) in [4.78, 5) is 17.1. The van der Waals surface area contributed by atoms with Crippen molar-refractivity contribution < 1.29 is 18.5 Å². The minimum Gasteiger partial charge on any atom is -0.588 e. The van der Waals surface area contributed by atoms with E-state index in [1.807, 2.05) is 12.1 Å². The molecule has 1 unspecified atom stereocenters. The maximum Gasteiger partial charge on any atom is 0.245 e. The van der Waals surface area contributed by atoms with E-state index in [2.05, 4.69) is 21.5 Å². The summed E-state index contributed by atoms with van der Waals surface area (Å²) in [6.07, 6.45) is 3.58. The Morgan fingerprint density at radius 2 is 2.09 bits per heavy atom. The average molecular weight is 467 g/mol. The minimum atomic E-state index is -1.75. The quantitative estimate of drug-likeness (QED) is 0.341. The predicted octanol–water partition coefficient (Wildman–Crippen LogP) is 4.79. The third-order valence-electron chi connectivity index (χ3n) is 4.67. The standard InChI is InChI=1S/C24H16ClFN2O3S/c1-31-23-14-16(9-10-27-23)4-2-3-15-6-8-21-18(11-15)24(29)22(32(30)28-21)13-17-5-7-20(26)19(25)12-17/h5-14,28H,4H2,1H3/b22-13-. The largest absolute Gasteiger partial charge is 0.588 e. The molecule has 0 saturated carbocycles. The van der Waals surface area contributed by atoms with Gasteiger partial charge in [0.05, 0.1) is 23.4 Å². The van der Waals surface area contributed by atoms with Gasteiger partial charge < -0.3 is 9.29 Å². The van der Waals surface area contributed by atoms with Crippen LogP contribution < -0.4 is 9.46 Å². The highest BCUT2D eigenvalue weighted by Gasteiger charge is 2.33. The van der Waals surface area contributed by atoms with Crippen LogP contribution >= 0.6 is 11.6 Å². The smallest absolute Gasteiger partial charge is 0.245 e. The van der Waals surface area contributed by atoms with Gasteiger partial charge in [-0.15, -0.1) is 0 Å². The molecule has 0 fully saturated rings. The van der Waals surface area contributed by atoms with E-state index in [1.165, 1.54) is 24.3 Å². The second-order valence-corrected chi connectivity index (χ2v) is 8.42. The Bertz CT molecular complexity index is 1300.